The van der Waals surface area contributed by atoms with Crippen LogP contribution in [0.4, 0.5) is 11.4 Å². The lowest BCUT2D eigenvalue weighted by Gasteiger charge is -2.41. The molecule has 2 atom stereocenters. The molecule has 0 saturated carbocycles. The van der Waals surface area contributed by atoms with E-state index in [4.69, 9.17) is 11.6 Å². The quantitative estimate of drug-likeness (QED) is 0.777. The summed E-state index contributed by atoms with van der Waals surface area (Å²) < 4.78 is 0. The van der Waals surface area contributed by atoms with Gasteiger partial charge in [0.2, 0.25) is 0 Å². The molecule has 0 unspecified atom stereocenters. The van der Waals surface area contributed by atoms with E-state index in [9.17, 15) is 0 Å². The number of fused-ring (bicyclic) bond motifs is 3. The zero-order valence-electron chi connectivity index (χ0n) is 16.1. The number of hydrogen-bond acceptors (Lipinski definition) is 3. The van der Waals surface area contributed by atoms with Gasteiger partial charge >= 0.3 is 0 Å². The number of anilines is 2. The molecular weight excluding hydrogens is 354 g/mol. The summed E-state index contributed by atoms with van der Waals surface area (Å²) in [5.41, 5.74) is 5.90. The molecule has 4 heteroatoms. The van der Waals surface area contributed by atoms with Crippen LogP contribution in [0.15, 0.2) is 42.5 Å². The molecule has 3 heterocycles. The molecule has 0 aliphatic carbocycles. The van der Waals surface area contributed by atoms with E-state index in [1.54, 1.807) is 5.56 Å². The number of rotatable bonds is 4. The molecule has 0 spiro atoms. The van der Waals surface area contributed by atoms with Crippen LogP contribution in [0, 0.1) is 0 Å². The molecule has 3 nitrogen and oxygen atoms in total. The topological polar surface area (TPSA) is 9.72 Å². The Morgan fingerprint density at radius 1 is 1.07 bits per heavy atom. The summed E-state index contributed by atoms with van der Waals surface area (Å²) in [6.45, 7) is 5.94. The van der Waals surface area contributed by atoms with Gasteiger partial charge in [-0.05, 0) is 55.1 Å². The molecule has 5 rings (SSSR count). The second-order valence-electron chi connectivity index (χ2n) is 8.33. The van der Waals surface area contributed by atoms with Crippen LogP contribution in [0.3, 0.4) is 0 Å². The first-order valence-electron chi connectivity index (χ1n) is 10.3. The van der Waals surface area contributed by atoms with Gasteiger partial charge in [-0.15, -0.1) is 0 Å². The monoisotopic (exact) mass is 381 g/mol. The average Bonchev–Trinajstić information content (AvgIpc) is 2.99. The van der Waals surface area contributed by atoms with Gasteiger partial charge in [-0.1, -0.05) is 35.9 Å². The highest BCUT2D eigenvalue weighted by atomic mass is 35.5. The molecule has 2 aromatic carbocycles. The van der Waals surface area contributed by atoms with Crippen molar-refractivity contribution in [3.05, 3.63) is 58.6 Å². The zero-order valence-corrected chi connectivity index (χ0v) is 16.8. The molecule has 1 fully saturated rings. The van der Waals surface area contributed by atoms with Crippen molar-refractivity contribution in [2.75, 3.05) is 49.6 Å². The molecule has 142 valence electrons. The summed E-state index contributed by atoms with van der Waals surface area (Å²) in [6, 6.07) is 16.0. The van der Waals surface area contributed by atoms with Crippen molar-refractivity contribution >= 4 is 23.0 Å². The molecule has 2 aromatic rings. The van der Waals surface area contributed by atoms with Gasteiger partial charge in [-0.3, -0.25) is 0 Å². The van der Waals surface area contributed by atoms with E-state index >= 15 is 0 Å². The lowest BCUT2D eigenvalue weighted by Crippen LogP contribution is -2.49. The van der Waals surface area contributed by atoms with Gasteiger partial charge in [0.15, 0.2) is 0 Å². The summed E-state index contributed by atoms with van der Waals surface area (Å²) in [5, 5.41) is 0.849. The predicted octanol–water partition coefficient (Wildman–Crippen LogP) is 4.40. The van der Waals surface area contributed by atoms with Gasteiger partial charge in [0, 0.05) is 50.2 Å². The molecule has 0 amide bonds. The Balaban J connectivity index is 1.27. The van der Waals surface area contributed by atoms with E-state index in [0.717, 1.165) is 18.0 Å². The second-order valence-corrected chi connectivity index (χ2v) is 8.76. The Labute approximate surface area is 167 Å². The van der Waals surface area contributed by atoms with Crippen LogP contribution in [-0.2, 0) is 6.42 Å². The van der Waals surface area contributed by atoms with E-state index in [1.807, 2.05) is 6.07 Å². The Morgan fingerprint density at radius 3 is 2.85 bits per heavy atom. The Morgan fingerprint density at radius 2 is 1.96 bits per heavy atom. The van der Waals surface area contributed by atoms with Crippen molar-refractivity contribution in [1.29, 1.82) is 0 Å². The molecule has 3 aliphatic rings. The fraction of sp³-hybridized carbons (Fsp3) is 0.478. The van der Waals surface area contributed by atoms with E-state index in [1.165, 1.54) is 56.0 Å². The van der Waals surface area contributed by atoms with Crippen LogP contribution < -0.4 is 9.80 Å². The summed E-state index contributed by atoms with van der Waals surface area (Å²) in [7, 11) is 2.23. The number of hydrogen-bond donors (Lipinski definition) is 0. The zero-order chi connectivity index (χ0) is 18.4. The van der Waals surface area contributed by atoms with Crippen LogP contribution in [0.1, 0.15) is 29.9 Å². The SMILES string of the molecule is CN1CCN2c3c(cccc31)[C@@H]1CN(CCCc3cccc(Cl)c3)CC[C@@H]12. The van der Waals surface area contributed by atoms with Gasteiger partial charge in [0.05, 0.1) is 11.4 Å². The van der Waals surface area contributed by atoms with E-state index in [2.05, 4.69) is 58.1 Å². The first-order chi connectivity index (χ1) is 13.2. The number of likely N-dealkylation sites (N-methyl/N-ethyl adjacent to an activating group) is 1. The van der Waals surface area contributed by atoms with Crippen molar-refractivity contribution in [2.45, 2.75) is 31.2 Å². The van der Waals surface area contributed by atoms with Crippen LogP contribution >= 0.6 is 11.6 Å². The number of halogens is 1. The third-order valence-corrected chi connectivity index (χ3v) is 6.94. The maximum absolute atomic E-state index is 6.12. The van der Waals surface area contributed by atoms with Crippen molar-refractivity contribution in [1.82, 2.24) is 4.90 Å². The van der Waals surface area contributed by atoms with Crippen LogP contribution in [0.5, 0.6) is 0 Å². The van der Waals surface area contributed by atoms with Gasteiger partial charge in [0.25, 0.3) is 0 Å². The van der Waals surface area contributed by atoms with Crippen LogP contribution in [0.25, 0.3) is 0 Å². The lowest BCUT2D eigenvalue weighted by atomic mass is 9.89. The van der Waals surface area contributed by atoms with Crippen LogP contribution in [0.2, 0.25) is 5.02 Å². The molecule has 27 heavy (non-hydrogen) atoms. The van der Waals surface area contributed by atoms with E-state index in [0.29, 0.717) is 12.0 Å². The molecule has 0 bridgehead atoms. The van der Waals surface area contributed by atoms with Gasteiger partial charge < -0.3 is 14.7 Å². The number of nitrogens with zero attached hydrogens (tertiary/aromatic N) is 3. The van der Waals surface area contributed by atoms with E-state index in [-0.39, 0.29) is 0 Å². The minimum atomic E-state index is 0.673. The highest BCUT2D eigenvalue weighted by Gasteiger charge is 2.44. The number of benzene rings is 2. The maximum Gasteiger partial charge on any atom is 0.0644 e. The first-order valence-corrected chi connectivity index (χ1v) is 10.7. The number of para-hydroxylation sites is 1. The molecular formula is C23H28ClN3. The highest BCUT2D eigenvalue weighted by molar-refractivity contribution is 6.30. The lowest BCUT2D eigenvalue weighted by molar-refractivity contribution is 0.191. The summed E-state index contributed by atoms with van der Waals surface area (Å²) in [5.74, 6) is 0.673. The maximum atomic E-state index is 6.12. The standard InChI is InChI=1S/C23H28ClN3/c1-25-13-14-27-21-10-12-26(11-4-6-17-5-2-7-18(24)15-17)16-20(21)19-8-3-9-22(25)23(19)27/h2-3,5,7-9,15,20-21H,4,6,10-14,16H2,1H3/t20-,21-/m0/s1. The number of likely N-dealkylation sites (tertiary alicyclic amines) is 1. The largest absolute Gasteiger partial charge is 0.371 e. The molecule has 0 N–H and O–H groups in total. The molecule has 1 saturated heterocycles. The third kappa shape index (κ3) is 3.11. The van der Waals surface area contributed by atoms with Crippen molar-refractivity contribution in [3.63, 3.8) is 0 Å². The molecule has 0 aromatic heterocycles. The van der Waals surface area contributed by atoms with Crippen molar-refractivity contribution < 1.29 is 0 Å². The Hall–Kier alpha value is -1.71. The van der Waals surface area contributed by atoms with Gasteiger partial charge in [-0.2, -0.15) is 0 Å². The smallest absolute Gasteiger partial charge is 0.0644 e. The predicted molar refractivity (Wildman–Crippen MR) is 114 cm³/mol. The highest BCUT2D eigenvalue weighted by Crippen LogP contribution is 2.50. The average molecular weight is 382 g/mol. The van der Waals surface area contributed by atoms with Crippen molar-refractivity contribution in [2.24, 2.45) is 0 Å². The van der Waals surface area contributed by atoms with Crippen LogP contribution in [-0.4, -0.2) is 50.7 Å². The van der Waals surface area contributed by atoms with Crippen molar-refractivity contribution in [3.8, 4) is 0 Å². The fourth-order valence-corrected chi connectivity index (χ4v) is 5.59. The van der Waals surface area contributed by atoms with E-state index < -0.39 is 0 Å². The third-order valence-electron chi connectivity index (χ3n) is 6.71. The Kier molecular flexibility index (Phi) is 4.53. The molecule has 3 aliphatic heterocycles. The minimum Gasteiger partial charge on any atom is -0.371 e. The summed E-state index contributed by atoms with van der Waals surface area (Å²) >= 11 is 6.12. The second kappa shape index (κ2) is 7.03. The van der Waals surface area contributed by atoms with Gasteiger partial charge in [-0.25, -0.2) is 0 Å². The summed E-state index contributed by atoms with van der Waals surface area (Å²) in [4.78, 5) is 7.83. The fourth-order valence-electron chi connectivity index (χ4n) is 5.38. The normalized spacial score (nSPS) is 24.1. The minimum absolute atomic E-state index is 0.673. The first kappa shape index (κ1) is 17.4. The Bertz CT molecular complexity index is 836. The number of aryl methyl sites for hydroxylation is 1. The van der Waals surface area contributed by atoms with Gasteiger partial charge in [0.1, 0.15) is 0 Å². The molecule has 0 radical (unpaired) electrons. The summed E-state index contributed by atoms with van der Waals surface area (Å²) in [6.07, 6.45) is 3.61. The number of piperidine rings is 1.